The second kappa shape index (κ2) is 9.80. The summed E-state index contributed by atoms with van der Waals surface area (Å²) in [5.74, 6) is 0.925. The number of rotatable bonds is 9. The summed E-state index contributed by atoms with van der Waals surface area (Å²) >= 11 is 0. The maximum Gasteiger partial charge on any atom is 0.0577 e. The Morgan fingerprint density at radius 2 is 2.11 bits per heavy atom. The summed E-state index contributed by atoms with van der Waals surface area (Å²) in [6.45, 7) is 8.91. The highest BCUT2D eigenvalue weighted by molar-refractivity contribution is 4.72. The topological polar surface area (TPSA) is 21.3 Å². The molecule has 2 heteroatoms. The number of nitrogens with one attached hydrogen (secondary N) is 1. The van der Waals surface area contributed by atoms with E-state index >= 15 is 0 Å². The highest BCUT2D eigenvalue weighted by Gasteiger charge is 2.20. The van der Waals surface area contributed by atoms with Crippen molar-refractivity contribution in [2.24, 2.45) is 5.92 Å². The summed E-state index contributed by atoms with van der Waals surface area (Å²) in [6.07, 6.45) is 10.9. The second-order valence-electron chi connectivity index (χ2n) is 5.93. The predicted octanol–water partition coefficient (Wildman–Crippen LogP) is 4.14. The lowest BCUT2D eigenvalue weighted by Crippen LogP contribution is -2.27. The van der Waals surface area contributed by atoms with Gasteiger partial charge < -0.3 is 10.1 Å². The van der Waals surface area contributed by atoms with Gasteiger partial charge in [-0.1, -0.05) is 33.1 Å². The molecular weight excluding hydrogens is 222 g/mol. The third-order valence-electron chi connectivity index (χ3n) is 4.19. The molecule has 3 atom stereocenters. The zero-order valence-corrected chi connectivity index (χ0v) is 12.7. The average molecular weight is 255 g/mol. The third-order valence-corrected chi connectivity index (χ3v) is 4.19. The monoisotopic (exact) mass is 255 g/mol. The molecule has 1 saturated carbocycles. The number of ether oxygens (including phenoxy) is 1. The third kappa shape index (κ3) is 6.75. The van der Waals surface area contributed by atoms with Gasteiger partial charge in [-0.2, -0.15) is 0 Å². The first kappa shape index (κ1) is 16.0. The van der Waals surface area contributed by atoms with Gasteiger partial charge in [-0.05, 0) is 51.5 Å². The Morgan fingerprint density at radius 1 is 1.28 bits per heavy atom. The Labute approximate surface area is 114 Å². The van der Waals surface area contributed by atoms with E-state index in [4.69, 9.17) is 4.74 Å². The van der Waals surface area contributed by atoms with Crippen LogP contribution in [0, 0.1) is 5.92 Å². The minimum absolute atomic E-state index is 0.558. The molecule has 0 spiro atoms. The molecule has 0 aromatic carbocycles. The average Bonchev–Trinajstić information content (AvgIpc) is 2.41. The molecule has 1 N–H and O–H groups in total. The van der Waals surface area contributed by atoms with Gasteiger partial charge in [-0.15, -0.1) is 0 Å². The van der Waals surface area contributed by atoms with Gasteiger partial charge in [-0.3, -0.25) is 0 Å². The molecule has 0 saturated heterocycles. The van der Waals surface area contributed by atoms with Crippen molar-refractivity contribution in [3.63, 3.8) is 0 Å². The quantitative estimate of drug-likeness (QED) is 0.625. The van der Waals surface area contributed by atoms with E-state index in [0.29, 0.717) is 12.1 Å². The van der Waals surface area contributed by atoms with E-state index < -0.39 is 0 Å². The zero-order chi connectivity index (χ0) is 13.2. The molecule has 108 valence electrons. The molecule has 0 heterocycles. The van der Waals surface area contributed by atoms with Crippen LogP contribution in [0.2, 0.25) is 0 Å². The van der Waals surface area contributed by atoms with Gasteiger partial charge in [0.2, 0.25) is 0 Å². The zero-order valence-electron chi connectivity index (χ0n) is 12.7. The first-order valence-corrected chi connectivity index (χ1v) is 8.11. The van der Waals surface area contributed by atoms with E-state index in [-0.39, 0.29) is 0 Å². The standard InChI is InChI=1S/C16H33NO/c1-4-11-17-14(3)8-7-12-18-16-10-6-9-15(5-2)13-16/h14-17H,4-13H2,1-3H3. The van der Waals surface area contributed by atoms with Crippen LogP contribution in [0.1, 0.15) is 72.1 Å². The molecule has 0 aromatic heterocycles. The van der Waals surface area contributed by atoms with Gasteiger partial charge in [0.15, 0.2) is 0 Å². The molecule has 1 aliphatic rings. The molecule has 0 radical (unpaired) electrons. The summed E-state index contributed by atoms with van der Waals surface area (Å²) in [5.41, 5.74) is 0. The van der Waals surface area contributed by atoms with Crippen LogP contribution in [0.3, 0.4) is 0 Å². The minimum atomic E-state index is 0.558. The summed E-state index contributed by atoms with van der Waals surface area (Å²) in [6, 6.07) is 0.642. The molecule has 0 bridgehead atoms. The highest BCUT2D eigenvalue weighted by atomic mass is 16.5. The smallest absolute Gasteiger partial charge is 0.0577 e. The molecular formula is C16H33NO. The van der Waals surface area contributed by atoms with E-state index in [1.165, 1.54) is 51.4 Å². The molecule has 3 unspecified atom stereocenters. The molecule has 1 fully saturated rings. The Morgan fingerprint density at radius 3 is 2.83 bits per heavy atom. The normalized spacial score (nSPS) is 26.2. The molecule has 0 amide bonds. The van der Waals surface area contributed by atoms with E-state index in [2.05, 4.69) is 26.1 Å². The van der Waals surface area contributed by atoms with E-state index in [1.54, 1.807) is 0 Å². The summed E-state index contributed by atoms with van der Waals surface area (Å²) in [7, 11) is 0. The van der Waals surface area contributed by atoms with Crippen molar-refractivity contribution in [1.29, 1.82) is 0 Å². The fourth-order valence-corrected chi connectivity index (χ4v) is 2.90. The van der Waals surface area contributed by atoms with Crippen LogP contribution in [0.4, 0.5) is 0 Å². The van der Waals surface area contributed by atoms with Crippen LogP contribution in [-0.4, -0.2) is 25.3 Å². The molecule has 18 heavy (non-hydrogen) atoms. The fraction of sp³-hybridized carbons (Fsp3) is 1.00. The van der Waals surface area contributed by atoms with Crippen LogP contribution >= 0.6 is 0 Å². The van der Waals surface area contributed by atoms with Crippen LogP contribution < -0.4 is 5.32 Å². The molecule has 2 nitrogen and oxygen atoms in total. The van der Waals surface area contributed by atoms with Gasteiger partial charge in [-0.25, -0.2) is 0 Å². The van der Waals surface area contributed by atoms with Crippen molar-refractivity contribution in [3.8, 4) is 0 Å². The fourth-order valence-electron chi connectivity index (χ4n) is 2.90. The second-order valence-corrected chi connectivity index (χ2v) is 5.93. The maximum absolute atomic E-state index is 6.04. The Kier molecular flexibility index (Phi) is 8.70. The molecule has 0 aliphatic heterocycles. The first-order valence-electron chi connectivity index (χ1n) is 8.11. The van der Waals surface area contributed by atoms with Crippen LogP contribution in [0.15, 0.2) is 0 Å². The van der Waals surface area contributed by atoms with Crippen LogP contribution in [0.5, 0.6) is 0 Å². The van der Waals surface area contributed by atoms with Crippen molar-refractivity contribution in [1.82, 2.24) is 5.32 Å². The molecule has 1 aliphatic carbocycles. The van der Waals surface area contributed by atoms with Gasteiger partial charge in [0.1, 0.15) is 0 Å². The van der Waals surface area contributed by atoms with Gasteiger partial charge in [0.05, 0.1) is 6.10 Å². The molecule has 0 aromatic rings. The lowest BCUT2D eigenvalue weighted by molar-refractivity contribution is 0.0102. The molecule has 1 rings (SSSR count). The largest absolute Gasteiger partial charge is 0.378 e. The lowest BCUT2D eigenvalue weighted by Gasteiger charge is -2.28. The first-order chi connectivity index (χ1) is 8.76. The van der Waals surface area contributed by atoms with E-state index in [9.17, 15) is 0 Å². The lowest BCUT2D eigenvalue weighted by atomic mass is 9.85. The van der Waals surface area contributed by atoms with E-state index in [0.717, 1.165) is 19.1 Å². The number of hydrogen-bond donors (Lipinski definition) is 1. The summed E-state index contributed by atoms with van der Waals surface area (Å²) in [4.78, 5) is 0. The van der Waals surface area contributed by atoms with Crippen molar-refractivity contribution in [3.05, 3.63) is 0 Å². The highest BCUT2D eigenvalue weighted by Crippen LogP contribution is 2.28. The van der Waals surface area contributed by atoms with Crippen LogP contribution in [-0.2, 0) is 4.74 Å². The van der Waals surface area contributed by atoms with Gasteiger partial charge in [0, 0.05) is 12.6 Å². The van der Waals surface area contributed by atoms with Crippen molar-refractivity contribution in [2.45, 2.75) is 84.3 Å². The number of hydrogen-bond acceptors (Lipinski definition) is 2. The predicted molar refractivity (Wildman–Crippen MR) is 79.0 cm³/mol. The van der Waals surface area contributed by atoms with Gasteiger partial charge >= 0.3 is 0 Å². The Hall–Kier alpha value is -0.0800. The summed E-state index contributed by atoms with van der Waals surface area (Å²) < 4.78 is 6.04. The van der Waals surface area contributed by atoms with Crippen molar-refractivity contribution < 1.29 is 4.74 Å². The van der Waals surface area contributed by atoms with Gasteiger partial charge in [0.25, 0.3) is 0 Å². The SMILES string of the molecule is CCCNC(C)CCCOC1CCCC(CC)C1. The minimum Gasteiger partial charge on any atom is -0.378 e. The van der Waals surface area contributed by atoms with Crippen LogP contribution in [0.25, 0.3) is 0 Å². The van der Waals surface area contributed by atoms with Crippen molar-refractivity contribution in [2.75, 3.05) is 13.2 Å². The Bertz CT molecular complexity index is 196. The summed E-state index contributed by atoms with van der Waals surface area (Å²) in [5, 5.41) is 3.53. The van der Waals surface area contributed by atoms with E-state index in [1.807, 2.05) is 0 Å². The maximum atomic E-state index is 6.04. The Balaban J connectivity index is 2.00. The van der Waals surface area contributed by atoms with Crippen molar-refractivity contribution >= 4 is 0 Å².